The van der Waals surface area contributed by atoms with Crippen molar-refractivity contribution >= 4 is 52.1 Å². The van der Waals surface area contributed by atoms with E-state index < -0.39 is 0 Å². The minimum absolute atomic E-state index is 0.0276. The van der Waals surface area contributed by atoms with Crippen molar-refractivity contribution in [1.82, 2.24) is 0 Å². The fraction of sp³-hybridized carbons (Fsp3) is 0.174. The zero-order chi connectivity index (χ0) is 21.3. The number of aryl methyl sites for hydroxylation is 1. The molecule has 0 bridgehead atoms. The first kappa shape index (κ1) is 22.3. The Morgan fingerprint density at radius 2 is 1.63 bits per heavy atom. The van der Waals surface area contributed by atoms with E-state index in [2.05, 4.69) is 22.8 Å². The van der Waals surface area contributed by atoms with Crippen LogP contribution in [0.2, 0.25) is 15.1 Å². The van der Waals surface area contributed by atoms with Crippen LogP contribution in [-0.2, 0) is 11.2 Å². The second-order valence-corrected chi connectivity index (χ2v) is 7.83. The molecule has 0 aliphatic carbocycles. The normalized spacial score (nSPS) is 10.5. The number of rotatable bonds is 9. The summed E-state index contributed by atoms with van der Waals surface area (Å²) in [7, 11) is 0. The van der Waals surface area contributed by atoms with Gasteiger partial charge in [0, 0.05) is 11.8 Å². The van der Waals surface area contributed by atoms with Gasteiger partial charge in [-0.2, -0.15) is 0 Å². The van der Waals surface area contributed by atoms with Gasteiger partial charge < -0.3 is 15.4 Å². The summed E-state index contributed by atoms with van der Waals surface area (Å²) in [4.78, 5) is 12.3. The Labute approximate surface area is 191 Å². The molecule has 3 aromatic rings. The first-order valence-corrected chi connectivity index (χ1v) is 10.6. The smallest absolute Gasteiger partial charge is 0.243 e. The summed E-state index contributed by atoms with van der Waals surface area (Å²) in [6.07, 6.45) is 1.87. The third-order valence-corrected chi connectivity index (χ3v) is 5.32. The molecule has 3 rings (SSSR count). The molecule has 0 aromatic heterocycles. The van der Waals surface area contributed by atoms with Crippen LogP contribution < -0.4 is 15.4 Å². The Hall–Kier alpha value is -2.40. The van der Waals surface area contributed by atoms with Gasteiger partial charge in [-0.15, -0.1) is 0 Å². The van der Waals surface area contributed by atoms with Gasteiger partial charge in [0.15, 0.2) is 0 Å². The standard InChI is InChI=1S/C23H21Cl3N2O2/c24-19-13-21(26)22(14-20(19)25)27-15-23(29)28-17-9-4-10-18(12-17)30-11-5-8-16-6-2-1-3-7-16/h1-4,6-7,9-10,12-14,27H,5,8,11,15H2,(H,28,29). The van der Waals surface area contributed by atoms with E-state index in [1.54, 1.807) is 18.2 Å². The number of halogens is 3. The molecule has 0 unspecified atom stereocenters. The van der Waals surface area contributed by atoms with Crippen LogP contribution in [0.4, 0.5) is 11.4 Å². The summed E-state index contributed by atoms with van der Waals surface area (Å²) in [5, 5.41) is 6.90. The topological polar surface area (TPSA) is 50.4 Å². The van der Waals surface area contributed by atoms with Crippen molar-refractivity contribution in [2.75, 3.05) is 23.8 Å². The Morgan fingerprint density at radius 3 is 2.43 bits per heavy atom. The fourth-order valence-corrected chi connectivity index (χ4v) is 3.43. The average Bonchev–Trinajstić information content (AvgIpc) is 2.74. The second-order valence-electron chi connectivity index (χ2n) is 6.61. The minimum atomic E-state index is -0.224. The van der Waals surface area contributed by atoms with Gasteiger partial charge in [0.1, 0.15) is 5.75 Å². The summed E-state index contributed by atoms with van der Waals surface area (Å²) in [6.45, 7) is 0.628. The number of carbonyl (C=O) groups is 1. The summed E-state index contributed by atoms with van der Waals surface area (Å²) < 4.78 is 5.81. The number of amides is 1. The summed E-state index contributed by atoms with van der Waals surface area (Å²) in [6, 6.07) is 20.7. The highest BCUT2D eigenvalue weighted by molar-refractivity contribution is 6.44. The molecule has 30 heavy (non-hydrogen) atoms. The van der Waals surface area contributed by atoms with Crippen LogP contribution in [0.15, 0.2) is 66.7 Å². The lowest BCUT2D eigenvalue weighted by Gasteiger charge is -2.11. The molecule has 156 valence electrons. The number of anilines is 2. The first-order valence-electron chi connectivity index (χ1n) is 9.46. The van der Waals surface area contributed by atoms with Crippen LogP contribution in [0.1, 0.15) is 12.0 Å². The zero-order valence-corrected chi connectivity index (χ0v) is 18.4. The number of benzene rings is 3. The van der Waals surface area contributed by atoms with Crippen molar-refractivity contribution < 1.29 is 9.53 Å². The molecule has 0 radical (unpaired) electrons. The van der Waals surface area contributed by atoms with Gasteiger partial charge in [-0.05, 0) is 42.7 Å². The van der Waals surface area contributed by atoms with Crippen LogP contribution >= 0.6 is 34.8 Å². The Kier molecular flexibility index (Phi) is 8.26. The van der Waals surface area contributed by atoms with Crippen molar-refractivity contribution in [1.29, 1.82) is 0 Å². The molecule has 0 aliphatic rings. The van der Waals surface area contributed by atoms with Crippen LogP contribution in [0.5, 0.6) is 5.75 Å². The molecule has 7 heteroatoms. The van der Waals surface area contributed by atoms with E-state index in [-0.39, 0.29) is 12.5 Å². The maximum Gasteiger partial charge on any atom is 0.243 e. The zero-order valence-electron chi connectivity index (χ0n) is 16.1. The lowest BCUT2D eigenvalue weighted by Crippen LogP contribution is -2.21. The van der Waals surface area contributed by atoms with Crippen molar-refractivity contribution in [2.45, 2.75) is 12.8 Å². The number of carbonyl (C=O) groups excluding carboxylic acids is 1. The highest BCUT2D eigenvalue weighted by Crippen LogP contribution is 2.32. The summed E-state index contributed by atoms with van der Waals surface area (Å²) in [5.41, 5.74) is 2.48. The van der Waals surface area contributed by atoms with E-state index in [1.807, 2.05) is 30.3 Å². The summed E-state index contributed by atoms with van der Waals surface area (Å²) >= 11 is 18.0. The maximum absolute atomic E-state index is 12.3. The second kappa shape index (κ2) is 11.1. The van der Waals surface area contributed by atoms with E-state index in [9.17, 15) is 4.79 Å². The predicted molar refractivity (Wildman–Crippen MR) is 125 cm³/mol. The van der Waals surface area contributed by atoms with Gasteiger partial charge in [-0.1, -0.05) is 71.2 Å². The molecule has 2 N–H and O–H groups in total. The third-order valence-electron chi connectivity index (χ3n) is 4.29. The highest BCUT2D eigenvalue weighted by atomic mass is 35.5. The number of ether oxygens (including phenoxy) is 1. The van der Waals surface area contributed by atoms with Gasteiger partial charge in [-0.25, -0.2) is 0 Å². The molecule has 0 spiro atoms. The molecule has 3 aromatic carbocycles. The minimum Gasteiger partial charge on any atom is -0.494 e. The highest BCUT2D eigenvalue weighted by Gasteiger charge is 2.08. The molecule has 4 nitrogen and oxygen atoms in total. The molecule has 0 fully saturated rings. The molecule has 0 atom stereocenters. The lowest BCUT2D eigenvalue weighted by molar-refractivity contribution is -0.114. The van der Waals surface area contributed by atoms with Crippen LogP contribution in [0.25, 0.3) is 0 Å². The molecule has 0 aliphatic heterocycles. The number of hydrogen-bond acceptors (Lipinski definition) is 3. The Bertz CT molecular complexity index is 997. The maximum atomic E-state index is 12.3. The molecule has 0 saturated carbocycles. The monoisotopic (exact) mass is 462 g/mol. The fourth-order valence-electron chi connectivity index (χ4n) is 2.81. The van der Waals surface area contributed by atoms with Gasteiger partial charge in [0.05, 0.1) is 33.9 Å². The van der Waals surface area contributed by atoms with Crippen LogP contribution in [0.3, 0.4) is 0 Å². The van der Waals surface area contributed by atoms with Gasteiger partial charge in [-0.3, -0.25) is 4.79 Å². The van der Waals surface area contributed by atoms with Gasteiger partial charge in [0.2, 0.25) is 5.91 Å². The third kappa shape index (κ3) is 6.84. The quantitative estimate of drug-likeness (QED) is 0.274. The van der Waals surface area contributed by atoms with Gasteiger partial charge in [0.25, 0.3) is 0 Å². The van der Waals surface area contributed by atoms with Gasteiger partial charge >= 0.3 is 0 Å². The first-order chi connectivity index (χ1) is 14.5. The van der Waals surface area contributed by atoms with Crippen molar-refractivity contribution in [3.63, 3.8) is 0 Å². The molecule has 0 heterocycles. The van der Waals surface area contributed by atoms with E-state index in [0.29, 0.717) is 38.8 Å². The van der Waals surface area contributed by atoms with Crippen LogP contribution in [0, 0.1) is 0 Å². The Morgan fingerprint density at radius 1 is 0.867 bits per heavy atom. The SMILES string of the molecule is O=C(CNc1cc(Cl)c(Cl)cc1Cl)Nc1cccc(OCCCc2ccccc2)c1. The lowest BCUT2D eigenvalue weighted by atomic mass is 10.1. The largest absolute Gasteiger partial charge is 0.494 e. The average molecular weight is 464 g/mol. The van der Waals surface area contributed by atoms with E-state index in [0.717, 1.165) is 12.8 Å². The number of hydrogen-bond donors (Lipinski definition) is 2. The molecular weight excluding hydrogens is 443 g/mol. The molecule has 1 amide bonds. The van der Waals surface area contributed by atoms with Crippen molar-refractivity contribution in [2.24, 2.45) is 0 Å². The van der Waals surface area contributed by atoms with Crippen LogP contribution in [-0.4, -0.2) is 19.1 Å². The van der Waals surface area contributed by atoms with Crippen molar-refractivity contribution in [3.05, 3.63) is 87.4 Å². The molecular formula is C23H21Cl3N2O2. The van der Waals surface area contributed by atoms with E-state index in [1.165, 1.54) is 11.6 Å². The Balaban J connectivity index is 1.46. The van der Waals surface area contributed by atoms with E-state index in [4.69, 9.17) is 39.5 Å². The summed E-state index contributed by atoms with van der Waals surface area (Å²) in [5.74, 6) is 0.486. The van der Waals surface area contributed by atoms with Crippen molar-refractivity contribution in [3.8, 4) is 5.75 Å². The number of nitrogens with one attached hydrogen (secondary N) is 2. The predicted octanol–water partition coefficient (Wildman–Crippen LogP) is 6.71. The van der Waals surface area contributed by atoms with E-state index >= 15 is 0 Å². The molecule has 0 saturated heterocycles.